The number of para-hydroxylation sites is 2. The van der Waals surface area contributed by atoms with Crippen molar-refractivity contribution in [1.82, 2.24) is 19.1 Å². The molecule has 211 valence electrons. The van der Waals surface area contributed by atoms with E-state index in [1.165, 1.54) is 28.4 Å². The molecule has 0 N–H and O–H groups in total. The molecular weight excluding hydrogens is 695 g/mol. The molecule has 5 nitrogen and oxygen atoms in total. The minimum atomic E-state index is 0. The van der Waals surface area contributed by atoms with Gasteiger partial charge in [0.2, 0.25) is 0 Å². The molecule has 0 aliphatic carbocycles. The van der Waals surface area contributed by atoms with Gasteiger partial charge in [-0.05, 0) is 37.1 Å². The third-order valence-electron chi connectivity index (χ3n) is 7.25. The average Bonchev–Trinajstić information content (AvgIpc) is 3.57. The van der Waals surface area contributed by atoms with E-state index in [1.54, 1.807) is 6.20 Å². The first-order valence-electron chi connectivity index (χ1n) is 14.3. The Kier molecular flexibility index (Phi) is 9.19. The van der Waals surface area contributed by atoms with E-state index < -0.39 is 0 Å². The van der Waals surface area contributed by atoms with Crippen LogP contribution >= 0.6 is 0 Å². The van der Waals surface area contributed by atoms with Crippen molar-refractivity contribution >= 4 is 45.0 Å². The molecule has 0 saturated heterocycles. The van der Waals surface area contributed by atoms with Gasteiger partial charge in [-0.2, -0.15) is 6.07 Å². The minimum absolute atomic E-state index is 0. The first-order valence-corrected chi connectivity index (χ1v) is 14.3. The van der Waals surface area contributed by atoms with E-state index in [1.807, 2.05) is 54.7 Å². The molecule has 0 fully saturated rings. The fourth-order valence-electron chi connectivity index (χ4n) is 5.30. The SMILES string of the molecule is CCCC[N+]1=C=[N+](c2[c-]cc3c4cccnc4n(C(C)C)c3c2)c2ccccc21.[Ir].[c-]1ccccc1-c1ccccn1. The molecule has 0 saturated carbocycles. The van der Waals surface area contributed by atoms with Crippen LogP contribution < -0.4 is 4.58 Å². The van der Waals surface area contributed by atoms with Crippen molar-refractivity contribution in [1.29, 1.82) is 0 Å². The second kappa shape index (κ2) is 13.2. The Morgan fingerprint density at radius 3 is 2.38 bits per heavy atom. The van der Waals surface area contributed by atoms with Crippen LogP contribution in [0.1, 0.15) is 39.7 Å². The summed E-state index contributed by atoms with van der Waals surface area (Å²) in [6.07, 6.45) is 5.97. The monoisotopic (exact) mass is 728 g/mol. The van der Waals surface area contributed by atoms with Gasteiger partial charge in [0.1, 0.15) is 11.3 Å². The van der Waals surface area contributed by atoms with E-state index in [2.05, 4.69) is 105 Å². The third-order valence-corrected chi connectivity index (χ3v) is 7.25. The van der Waals surface area contributed by atoms with Crippen molar-refractivity contribution in [2.45, 2.75) is 39.7 Å². The van der Waals surface area contributed by atoms with E-state index in [0.29, 0.717) is 6.04 Å². The van der Waals surface area contributed by atoms with E-state index in [-0.39, 0.29) is 20.1 Å². The van der Waals surface area contributed by atoms with Crippen LogP contribution in [0, 0.1) is 12.1 Å². The summed E-state index contributed by atoms with van der Waals surface area (Å²) in [5, 5.41) is 2.37. The molecule has 0 amide bonds. The van der Waals surface area contributed by atoms with Gasteiger partial charge in [-0.3, -0.25) is 0 Å². The first kappa shape index (κ1) is 29.3. The number of fused-ring (bicyclic) bond motifs is 4. The molecular formula is C36H33IrN5. The topological polar surface area (TPSA) is 36.7 Å². The van der Waals surface area contributed by atoms with E-state index in [4.69, 9.17) is 0 Å². The second-order valence-electron chi connectivity index (χ2n) is 10.4. The molecule has 6 aromatic rings. The van der Waals surface area contributed by atoms with E-state index >= 15 is 0 Å². The fraction of sp³-hybridized carbons (Fsp3) is 0.194. The zero-order valence-corrected chi connectivity index (χ0v) is 26.5. The van der Waals surface area contributed by atoms with Crippen molar-refractivity contribution in [3.05, 3.63) is 116 Å². The number of nitrogens with zero attached hydrogens (tertiary/aromatic N) is 5. The number of benzene rings is 3. The Morgan fingerprint density at radius 1 is 0.857 bits per heavy atom. The summed E-state index contributed by atoms with van der Waals surface area (Å²) in [4.78, 5) is 8.88. The Labute approximate surface area is 260 Å². The quantitative estimate of drug-likeness (QED) is 0.127. The number of hydrogen-bond donors (Lipinski definition) is 0. The van der Waals surface area contributed by atoms with Crippen molar-refractivity contribution in [2.24, 2.45) is 0 Å². The molecule has 7 rings (SSSR count). The number of pyridine rings is 2. The first-order chi connectivity index (χ1) is 20.2. The maximum Gasteiger partial charge on any atom is 0.494 e. The van der Waals surface area contributed by atoms with Crippen LogP contribution in [0.3, 0.4) is 0 Å². The Balaban J connectivity index is 0.000000228. The normalized spacial score (nSPS) is 11.9. The van der Waals surface area contributed by atoms with Gasteiger partial charge in [0.15, 0.2) is 6.54 Å². The molecule has 3 aromatic carbocycles. The zero-order chi connectivity index (χ0) is 28.2. The summed E-state index contributed by atoms with van der Waals surface area (Å²) in [6.45, 7) is 7.61. The number of unbranched alkanes of at least 4 members (excludes halogenated alkanes) is 1. The molecule has 0 bridgehead atoms. The number of rotatable bonds is 6. The molecule has 0 unspecified atom stereocenters. The summed E-state index contributed by atoms with van der Waals surface area (Å²) in [6, 6.07) is 41.2. The summed E-state index contributed by atoms with van der Waals surface area (Å²) >= 11 is 0. The summed E-state index contributed by atoms with van der Waals surface area (Å²) in [5.41, 5.74) is 7.60. The van der Waals surface area contributed by atoms with Crippen LogP contribution in [0.4, 0.5) is 17.1 Å². The van der Waals surface area contributed by atoms with Crippen LogP contribution in [-0.2, 0) is 20.1 Å². The molecule has 6 heteroatoms. The number of hydrogen-bond acceptors (Lipinski definition) is 2. The van der Waals surface area contributed by atoms with E-state index in [0.717, 1.165) is 41.2 Å². The Hall–Kier alpha value is -4.21. The standard InChI is InChI=1S/C25H25N4.C11H8N.Ir/c1-4-5-15-27-17-28(23-11-7-6-10-22(23)27)19-12-13-20-21-9-8-14-26-25(21)29(18(2)3)24(20)16-19;1-2-6-10(7-3-1)11-8-4-5-9-12-11;/h6-11,13-14,16,18H,4-5,15H2,1-3H3;1-6,8-9H;/q+1;-1;. The van der Waals surface area contributed by atoms with Gasteiger partial charge >= 0.3 is 6.01 Å². The van der Waals surface area contributed by atoms with E-state index in [9.17, 15) is 0 Å². The van der Waals surface area contributed by atoms with Crippen LogP contribution in [0.5, 0.6) is 0 Å². The van der Waals surface area contributed by atoms with Gasteiger partial charge < -0.3 is 9.55 Å². The Morgan fingerprint density at radius 2 is 1.64 bits per heavy atom. The molecule has 42 heavy (non-hydrogen) atoms. The average molecular weight is 728 g/mol. The minimum Gasteiger partial charge on any atom is -0.347 e. The maximum absolute atomic E-state index is 4.66. The Bertz CT molecular complexity index is 1850. The smallest absolute Gasteiger partial charge is 0.347 e. The van der Waals surface area contributed by atoms with Gasteiger partial charge in [0, 0.05) is 57.1 Å². The molecule has 1 aliphatic rings. The largest absolute Gasteiger partial charge is 0.494 e. The summed E-state index contributed by atoms with van der Waals surface area (Å²) in [7, 11) is 0. The molecule has 1 radical (unpaired) electrons. The van der Waals surface area contributed by atoms with Crippen molar-refractivity contribution in [3.63, 3.8) is 0 Å². The molecule has 3 aromatic heterocycles. The fourth-order valence-corrected chi connectivity index (χ4v) is 5.30. The van der Waals surface area contributed by atoms with Crippen LogP contribution in [0.25, 0.3) is 33.2 Å². The molecule has 0 spiro atoms. The maximum atomic E-state index is 4.66. The van der Waals surface area contributed by atoms with Crippen LogP contribution in [-0.4, -0.2) is 31.7 Å². The van der Waals surface area contributed by atoms with Gasteiger partial charge in [0.05, 0.1) is 0 Å². The summed E-state index contributed by atoms with van der Waals surface area (Å²) < 4.78 is 6.69. The van der Waals surface area contributed by atoms with Crippen LogP contribution in [0.15, 0.2) is 103 Å². The zero-order valence-electron chi connectivity index (χ0n) is 24.1. The molecule has 4 heterocycles. The van der Waals surface area contributed by atoms with Gasteiger partial charge in [0.25, 0.3) is 11.4 Å². The molecule has 0 atom stereocenters. The number of aromatic nitrogens is 3. The summed E-state index contributed by atoms with van der Waals surface area (Å²) in [5.74, 6) is 0. The van der Waals surface area contributed by atoms with Crippen molar-refractivity contribution in [3.8, 4) is 11.3 Å². The van der Waals surface area contributed by atoms with Crippen LogP contribution in [0.2, 0.25) is 0 Å². The van der Waals surface area contributed by atoms with Crippen molar-refractivity contribution < 1.29 is 24.7 Å². The van der Waals surface area contributed by atoms with Gasteiger partial charge in [-0.25, -0.2) is 4.98 Å². The van der Waals surface area contributed by atoms with Gasteiger partial charge in [-0.15, -0.1) is 47.3 Å². The predicted molar refractivity (Wildman–Crippen MR) is 168 cm³/mol. The van der Waals surface area contributed by atoms with Crippen molar-refractivity contribution in [2.75, 3.05) is 6.54 Å². The van der Waals surface area contributed by atoms with Gasteiger partial charge in [-0.1, -0.05) is 64.4 Å². The third kappa shape index (κ3) is 5.75. The molecule has 1 aliphatic heterocycles. The predicted octanol–water partition coefficient (Wildman–Crippen LogP) is 8.58. The second-order valence-corrected chi connectivity index (χ2v) is 10.4.